The van der Waals surface area contributed by atoms with Gasteiger partial charge in [0.15, 0.2) is 40.6 Å². The summed E-state index contributed by atoms with van der Waals surface area (Å²) in [5.41, 5.74) is 0.621. The maximum absolute atomic E-state index is 12.7. The summed E-state index contributed by atoms with van der Waals surface area (Å²) in [6, 6.07) is 14.0. The molecule has 0 bridgehead atoms. The minimum absolute atomic E-state index is 0.0573. The number of aliphatic hydroxyl groups excluding tert-OH is 9. The molecule has 0 amide bonds. The van der Waals surface area contributed by atoms with Crippen molar-refractivity contribution in [2.24, 2.45) is 0 Å². The molecule has 0 aliphatic carbocycles. The number of benzene rings is 4. The van der Waals surface area contributed by atoms with Gasteiger partial charge in [-0.1, -0.05) is 18.2 Å². The molecule has 3 saturated heterocycles. The molecule has 0 spiro atoms. The van der Waals surface area contributed by atoms with Crippen LogP contribution in [0.1, 0.15) is 34.8 Å². The Hall–Kier alpha value is -8.50. The van der Waals surface area contributed by atoms with Gasteiger partial charge in [0.2, 0.25) is 18.9 Å². The highest BCUT2D eigenvalue weighted by Gasteiger charge is 2.49. The highest BCUT2D eigenvalue weighted by Crippen LogP contribution is 2.47. The van der Waals surface area contributed by atoms with Crippen LogP contribution in [0.5, 0.6) is 51.7 Å². The van der Waals surface area contributed by atoms with Gasteiger partial charge >= 0.3 is 23.9 Å². The average Bonchev–Trinajstić information content (AvgIpc) is 1.38. The van der Waals surface area contributed by atoms with Crippen LogP contribution < -0.4 is 23.7 Å². The molecule has 0 radical (unpaired) electrons. The lowest BCUT2D eigenvalue weighted by atomic mass is 9.98. The molecular formula is C56H60O30. The van der Waals surface area contributed by atoms with Crippen LogP contribution >= 0.6 is 0 Å². The van der Waals surface area contributed by atoms with Crippen molar-refractivity contribution in [2.75, 3.05) is 34.0 Å². The Kier molecular flexibility index (Phi) is 20.4. The third-order valence-electron chi connectivity index (χ3n) is 13.6. The number of fused-ring (bicyclic) bond motifs is 1. The second-order valence-corrected chi connectivity index (χ2v) is 19.6. The van der Waals surface area contributed by atoms with Crippen LogP contribution in [0.15, 0.2) is 84.6 Å². The third-order valence-corrected chi connectivity index (χ3v) is 13.6. The molecule has 4 aliphatic rings. The van der Waals surface area contributed by atoms with Crippen LogP contribution in [0.25, 0.3) is 18.2 Å². The smallest absolute Gasteiger partial charge is 0.330 e. The van der Waals surface area contributed by atoms with Crippen molar-refractivity contribution in [3.05, 3.63) is 107 Å². The molecule has 3 fully saturated rings. The van der Waals surface area contributed by atoms with Gasteiger partial charge < -0.3 is 128 Å². The maximum Gasteiger partial charge on any atom is 0.330 e. The number of carbonyl (C=O) groups is 4. The minimum atomic E-state index is -2.09. The van der Waals surface area contributed by atoms with E-state index < -0.39 is 171 Å². The van der Waals surface area contributed by atoms with E-state index in [1.54, 1.807) is 0 Å². The summed E-state index contributed by atoms with van der Waals surface area (Å²) in [4.78, 5) is 48.6. The summed E-state index contributed by atoms with van der Waals surface area (Å²) < 4.78 is 66.8. The SMILES string of the molecule is COc1cc(/C=C\C(=O)OC[C@H]2O[C@@H](Oc3cc(C4Oc5cc(O[C@@H]6O[C@@H](COC(=O)/C=C/c7ccc(O)c(OC)c7)[C@H](O)[C@H](O)[C@H]6O)cc(O)c5C=C4O[C@@H]4O[C@@H](COC(=O)CC(=O)O)[C@H](O)[C@H](O)[C@@H]4O)ccc3O)[C@H](O)[C@@H](O)[C@H]2O)ccc1O. The normalized spacial score (nSPS) is 28.9. The standard InChI is InChI=1S/C56H60O30/c1-75-33-13-23(3-8-28(33)57)5-11-41(63)77-20-37-44(66)47(69)50(72)54(84-37)80-26-16-31(60)27-18-36(83-56-52(74)49(71)46(68)39(86-56)22-79-43(65)19-40(61)62)53(81-32(27)17-26)25-7-10-30(59)35(15-25)82-55-51(73)48(70)45(67)38(85-55)21-78-42(64)12-6-24-4-9-29(58)34(14-24)76-2/h3-18,37-39,44-60,66-74H,19-22H2,1-2H3,(H,61,62)/b11-5+,12-6-/t37-,38+,39-,44-,45-,46-,47-,48-,49-,50+,51+,52-,53?,54+,55+,56+/m0/s1. The summed E-state index contributed by atoms with van der Waals surface area (Å²) in [5.74, 6) is -7.49. The van der Waals surface area contributed by atoms with Crippen LogP contribution in [0.2, 0.25) is 0 Å². The first-order valence-electron chi connectivity index (χ1n) is 25.9. The van der Waals surface area contributed by atoms with Crippen molar-refractivity contribution < 1.29 is 148 Å². The number of carboxylic acid groups (broad SMARTS) is 1. The van der Waals surface area contributed by atoms with Crippen molar-refractivity contribution in [3.63, 3.8) is 0 Å². The Morgan fingerprint density at radius 1 is 0.500 bits per heavy atom. The second-order valence-electron chi connectivity index (χ2n) is 19.6. The molecule has 86 heavy (non-hydrogen) atoms. The fourth-order valence-corrected chi connectivity index (χ4v) is 8.96. The lowest BCUT2D eigenvalue weighted by Gasteiger charge is -2.41. The number of carboxylic acids is 1. The molecule has 14 N–H and O–H groups in total. The Morgan fingerprint density at radius 2 is 0.953 bits per heavy atom. The zero-order valence-electron chi connectivity index (χ0n) is 45.1. The van der Waals surface area contributed by atoms with Crippen molar-refractivity contribution in [3.8, 4) is 51.7 Å². The quantitative estimate of drug-likeness (QED) is 0.0200. The third kappa shape index (κ3) is 14.9. The van der Waals surface area contributed by atoms with E-state index in [1.807, 2.05) is 0 Å². The van der Waals surface area contributed by atoms with E-state index in [0.717, 1.165) is 42.5 Å². The monoisotopic (exact) mass is 1210 g/mol. The lowest BCUT2D eigenvalue weighted by Crippen LogP contribution is -2.60. The van der Waals surface area contributed by atoms with E-state index in [4.69, 9.17) is 61.9 Å². The number of esters is 3. The van der Waals surface area contributed by atoms with Crippen LogP contribution in [0.4, 0.5) is 0 Å². The van der Waals surface area contributed by atoms with Crippen molar-refractivity contribution in [2.45, 2.75) is 105 Å². The van der Waals surface area contributed by atoms with E-state index in [9.17, 15) is 85.6 Å². The van der Waals surface area contributed by atoms with Crippen LogP contribution in [-0.4, -0.2) is 222 Å². The molecule has 4 aromatic carbocycles. The number of carbonyl (C=O) groups excluding carboxylic acids is 3. The molecule has 8 rings (SSSR count). The molecule has 4 heterocycles. The Bertz CT molecular complexity index is 3180. The molecular weight excluding hydrogens is 1150 g/mol. The fraction of sp³-hybridized carbons (Fsp3) is 0.393. The van der Waals surface area contributed by atoms with Gasteiger partial charge in [-0.25, -0.2) is 9.59 Å². The number of hydrogen-bond acceptors (Lipinski definition) is 29. The first-order chi connectivity index (χ1) is 40.9. The molecule has 1 unspecified atom stereocenters. The van der Waals surface area contributed by atoms with E-state index >= 15 is 0 Å². The van der Waals surface area contributed by atoms with Crippen molar-refractivity contribution in [1.82, 2.24) is 0 Å². The van der Waals surface area contributed by atoms with Gasteiger partial charge in [-0.3, -0.25) is 9.59 Å². The van der Waals surface area contributed by atoms with Crippen molar-refractivity contribution in [1.29, 1.82) is 0 Å². The van der Waals surface area contributed by atoms with Gasteiger partial charge in [-0.05, 0) is 65.8 Å². The van der Waals surface area contributed by atoms with Crippen LogP contribution in [0.3, 0.4) is 0 Å². The Labute approximate surface area is 485 Å². The molecule has 30 nitrogen and oxygen atoms in total. The van der Waals surface area contributed by atoms with E-state index in [-0.39, 0.29) is 45.6 Å². The van der Waals surface area contributed by atoms with Crippen LogP contribution in [-0.2, 0) is 52.3 Å². The minimum Gasteiger partial charge on any atom is -0.507 e. The van der Waals surface area contributed by atoms with Gasteiger partial charge in [-0.15, -0.1) is 0 Å². The van der Waals surface area contributed by atoms with Crippen molar-refractivity contribution >= 4 is 42.1 Å². The highest BCUT2D eigenvalue weighted by molar-refractivity contribution is 5.90. The largest absolute Gasteiger partial charge is 0.507 e. The molecule has 0 saturated carbocycles. The van der Waals surface area contributed by atoms with Crippen LogP contribution in [0, 0.1) is 0 Å². The van der Waals surface area contributed by atoms with Gasteiger partial charge in [0.1, 0.15) is 122 Å². The zero-order chi connectivity index (χ0) is 62.3. The average molecular weight is 1210 g/mol. The number of ether oxygens (including phenoxy) is 12. The molecule has 4 aromatic rings. The Morgan fingerprint density at radius 3 is 1.44 bits per heavy atom. The number of rotatable bonds is 21. The summed E-state index contributed by atoms with van der Waals surface area (Å²) in [6.45, 7) is -2.25. The summed E-state index contributed by atoms with van der Waals surface area (Å²) in [6.07, 6.45) is -25.1. The summed E-state index contributed by atoms with van der Waals surface area (Å²) >= 11 is 0. The predicted molar refractivity (Wildman–Crippen MR) is 282 cm³/mol. The number of hydrogen-bond donors (Lipinski definition) is 14. The molecule has 16 atom stereocenters. The number of phenols is 4. The second kappa shape index (κ2) is 27.7. The molecule has 0 aromatic heterocycles. The fourth-order valence-electron chi connectivity index (χ4n) is 8.96. The van der Waals surface area contributed by atoms with Gasteiger partial charge in [-0.2, -0.15) is 0 Å². The number of methoxy groups -OCH3 is 2. The highest BCUT2D eigenvalue weighted by atomic mass is 16.7. The zero-order valence-corrected chi connectivity index (χ0v) is 45.1. The number of aliphatic hydroxyl groups is 9. The lowest BCUT2D eigenvalue weighted by molar-refractivity contribution is -0.294. The summed E-state index contributed by atoms with van der Waals surface area (Å²) in [7, 11) is 2.66. The number of aliphatic carboxylic acids is 1. The van der Waals surface area contributed by atoms with E-state index in [2.05, 4.69) is 0 Å². The van der Waals surface area contributed by atoms with Gasteiger partial charge in [0.25, 0.3) is 0 Å². The molecule has 4 aliphatic heterocycles. The Balaban J connectivity index is 1.03. The van der Waals surface area contributed by atoms with Gasteiger partial charge in [0.05, 0.1) is 19.8 Å². The van der Waals surface area contributed by atoms with E-state index in [0.29, 0.717) is 11.1 Å². The molecule has 30 heteroatoms. The maximum atomic E-state index is 12.7. The van der Waals surface area contributed by atoms with E-state index in [1.165, 1.54) is 68.8 Å². The number of phenolic OH excluding ortho intramolecular Hbond substituents is 4. The summed E-state index contributed by atoms with van der Waals surface area (Å²) in [5, 5.41) is 150. The van der Waals surface area contributed by atoms with Gasteiger partial charge in [0, 0.05) is 29.8 Å². The molecule has 464 valence electrons. The first kappa shape index (κ1) is 63.5. The number of aromatic hydroxyl groups is 4. The predicted octanol–water partition coefficient (Wildman–Crippen LogP) is -1.27. The first-order valence-corrected chi connectivity index (χ1v) is 25.9. The topological polar surface area (TPSA) is 462 Å².